The van der Waals surface area contributed by atoms with Gasteiger partial charge in [0.1, 0.15) is 23.5 Å². The van der Waals surface area contributed by atoms with Crippen molar-refractivity contribution in [3.63, 3.8) is 0 Å². The molecule has 0 aliphatic carbocycles. The molecule has 0 radical (unpaired) electrons. The van der Waals surface area contributed by atoms with E-state index in [9.17, 15) is 29.7 Å². The molecule has 194 valence electrons. The second-order valence-corrected chi connectivity index (χ2v) is 9.95. The number of nitrogens with two attached hydrogens (primary N) is 1. The summed E-state index contributed by atoms with van der Waals surface area (Å²) in [5.41, 5.74) is 6.03. The lowest BCUT2D eigenvalue weighted by atomic mass is 9.90. The number of aromatic hydroxyl groups is 1. The summed E-state index contributed by atoms with van der Waals surface area (Å²) in [6.45, 7) is 6.91. The number of benzene rings is 1. The third-order valence-electron chi connectivity index (χ3n) is 6.55. The molecule has 3 rings (SSSR count). The number of esters is 1. The number of carbonyl (C=O) groups is 3. The Balaban J connectivity index is 1.80. The van der Waals surface area contributed by atoms with Gasteiger partial charge < -0.3 is 41.2 Å². The van der Waals surface area contributed by atoms with Crippen LogP contribution in [0.3, 0.4) is 0 Å². The van der Waals surface area contributed by atoms with E-state index in [2.05, 4.69) is 10.6 Å². The van der Waals surface area contributed by atoms with Gasteiger partial charge in [0, 0.05) is 18.9 Å². The second-order valence-electron chi connectivity index (χ2n) is 9.95. The van der Waals surface area contributed by atoms with Crippen molar-refractivity contribution in [1.29, 1.82) is 0 Å². The first-order valence-corrected chi connectivity index (χ1v) is 11.7. The molecule has 1 fully saturated rings. The third kappa shape index (κ3) is 6.10. The molecule has 1 saturated heterocycles. The zero-order valence-corrected chi connectivity index (χ0v) is 20.4. The second kappa shape index (κ2) is 10.5. The van der Waals surface area contributed by atoms with E-state index < -0.39 is 60.0 Å². The van der Waals surface area contributed by atoms with E-state index in [1.165, 1.54) is 13.0 Å². The van der Waals surface area contributed by atoms with Crippen LogP contribution in [0.5, 0.6) is 5.75 Å². The summed E-state index contributed by atoms with van der Waals surface area (Å²) in [4.78, 5) is 37.3. The van der Waals surface area contributed by atoms with Crippen molar-refractivity contribution in [1.82, 2.24) is 10.6 Å². The highest BCUT2D eigenvalue weighted by Gasteiger charge is 2.47. The lowest BCUT2D eigenvalue weighted by molar-refractivity contribution is -0.276. The minimum absolute atomic E-state index is 0.103. The molecule has 35 heavy (non-hydrogen) atoms. The van der Waals surface area contributed by atoms with Gasteiger partial charge in [-0.25, -0.2) is 4.79 Å². The van der Waals surface area contributed by atoms with Crippen LogP contribution in [-0.4, -0.2) is 75.3 Å². The molecule has 11 heteroatoms. The van der Waals surface area contributed by atoms with Crippen molar-refractivity contribution < 1.29 is 39.2 Å². The van der Waals surface area contributed by atoms with Gasteiger partial charge in [0.15, 0.2) is 11.9 Å². The van der Waals surface area contributed by atoms with Crippen molar-refractivity contribution in [3.8, 4) is 5.75 Å². The van der Waals surface area contributed by atoms with Crippen LogP contribution in [-0.2, 0) is 25.5 Å². The quantitative estimate of drug-likeness (QED) is 0.265. The summed E-state index contributed by atoms with van der Waals surface area (Å²) in [6, 6.07) is 2.69. The molecule has 7 N–H and O–H groups in total. The Morgan fingerprint density at radius 1 is 1.34 bits per heavy atom. The van der Waals surface area contributed by atoms with Gasteiger partial charge in [-0.1, -0.05) is 26.0 Å². The van der Waals surface area contributed by atoms with Crippen molar-refractivity contribution >= 4 is 17.8 Å². The summed E-state index contributed by atoms with van der Waals surface area (Å²) < 4.78 is 11.2. The molecule has 0 aromatic heterocycles. The smallest absolute Gasteiger partial charge is 0.342 e. The molecule has 0 bridgehead atoms. The van der Waals surface area contributed by atoms with E-state index in [1.54, 1.807) is 19.1 Å². The molecule has 2 aliphatic rings. The van der Waals surface area contributed by atoms with Crippen molar-refractivity contribution in [2.45, 2.75) is 89.2 Å². The maximum Gasteiger partial charge on any atom is 0.342 e. The average Bonchev–Trinajstić information content (AvgIpc) is 2.74. The zero-order chi connectivity index (χ0) is 26.1. The molecule has 2 amide bonds. The highest BCUT2D eigenvalue weighted by Crippen LogP contribution is 2.31. The Kier molecular flexibility index (Phi) is 8.05. The number of nitrogens with one attached hydrogen (secondary N) is 2. The van der Waals surface area contributed by atoms with E-state index >= 15 is 0 Å². The number of cyclic esters (lactones) is 1. The van der Waals surface area contributed by atoms with E-state index in [4.69, 9.17) is 15.2 Å². The number of amides is 2. The number of ether oxygens (including phenoxy) is 2. The molecule has 11 nitrogen and oxygen atoms in total. The van der Waals surface area contributed by atoms with E-state index in [-0.39, 0.29) is 30.1 Å². The highest BCUT2D eigenvalue weighted by atomic mass is 16.6. The molecule has 1 aromatic rings. The molecule has 1 aromatic carbocycles. The predicted molar refractivity (Wildman–Crippen MR) is 124 cm³/mol. The summed E-state index contributed by atoms with van der Waals surface area (Å²) in [5, 5.41) is 37.2. The number of aliphatic hydroxyl groups is 2. The Bertz CT molecular complexity index is 966. The van der Waals surface area contributed by atoms with Gasteiger partial charge in [0.05, 0.1) is 12.1 Å². The average molecular weight is 494 g/mol. The van der Waals surface area contributed by atoms with Crippen molar-refractivity contribution in [2.24, 2.45) is 11.7 Å². The van der Waals surface area contributed by atoms with Gasteiger partial charge in [-0.2, -0.15) is 0 Å². The van der Waals surface area contributed by atoms with Gasteiger partial charge in [-0.05, 0) is 37.8 Å². The van der Waals surface area contributed by atoms with Crippen LogP contribution in [0.4, 0.5) is 0 Å². The SMILES string of the molecule is CC(C)CC(NC(=O)C(O)C1OC(C)(O)C(C)NC1CC(N)=O)C1Cc2cccc(O)c2C(=O)O1. The van der Waals surface area contributed by atoms with Gasteiger partial charge >= 0.3 is 5.97 Å². The lowest BCUT2D eigenvalue weighted by Gasteiger charge is -2.46. The number of carbonyl (C=O) groups excluding carboxylic acids is 3. The standard InChI is InChI=1S/C24H35N3O8/c1-11(2)8-14(17-9-13-6-5-7-16(28)19(13)23(32)34-17)27-22(31)20(30)21-15(10-18(25)29)26-12(3)24(4,33)35-21/h5-7,11-12,14-15,17,20-21,26,28,30,33H,8-10H2,1-4H3,(H2,25,29)(H,27,31). The number of morpholine rings is 1. The number of rotatable bonds is 8. The number of fused-ring (bicyclic) bond motifs is 1. The first kappa shape index (κ1) is 26.9. The summed E-state index contributed by atoms with van der Waals surface area (Å²) >= 11 is 0. The van der Waals surface area contributed by atoms with Crippen LogP contribution in [0.2, 0.25) is 0 Å². The van der Waals surface area contributed by atoms with Crippen LogP contribution in [0.15, 0.2) is 18.2 Å². The van der Waals surface area contributed by atoms with Crippen LogP contribution >= 0.6 is 0 Å². The Hall–Kier alpha value is -2.73. The van der Waals surface area contributed by atoms with E-state index in [1.807, 2.05) is 13.8 Å². The van der Waals surface area contributed by atoms with E-state index in [0.29, 0.717) is 12.0 Å². The minimum Gasteiger partial charge on any atom is -0.507 e. The first-order valence-electron chi connectivity index (χ1n) is 11.7. The lowest BCUT2D eigenvalue weighted by Crippen LogP contribution is -2.68. The number of aliphatic hydroxyl groups excluding tert-OH is 1. The predicted octanol–water partition coefficient (Wildman–Crippen LogP) is -0.305. The largest absolute Gasteiger partial charge is 0.507 e. The first-order chi connectivity index (χ1) is 16.3. The van der Waals surface area contributed by atoms with Gasteiger partial charge in [-0.3, -0.25) is 9.59 Å². The summed E-state index contributed by atoms with van der Waals surface area (Å²) in [5.74, 6) is -3.93. The van der Waals surface area contributed by atoms with Gasteiger partial charge in [0.25, 0.3) is 5.91 Å². The molecular weight excluding hydrogens is 458 g/mol. The third-order valence-corrected chi connectivity index (χ3v) is 6.55. The van der Waals surface area contributed by atoms with Crippen molar-refractivity contribution in [3.05, 3.63) is 29.3 Å². The highest BCUT2D eigenvalue weighted by molar-refractivity contribution is 5.95. The van der Waals surface area contributed by atoms with Crippen LogP contribution in [0.25, 0.3) is 0 Å². The molecule has 0 spiro atoms. The van der Waals surface area contributed by atoms with Gasteiger partial charge in [0.2, 0.25) is 5.91 Å². The zero-order valence-electron chi connectivity index (χ0n) is 20.4. The number of phenols is 1. The molecule has 2 heterocycles. The topological polar surface area (TPSA) is 180 Å². The molecule has 0 saturated carbocycles. The van der Waals surface area contributed by atoms with E-state index in [0.717, 1.165) is 0 Å². The van der Waals surface area contributed by atoms with Crippen LogP contribution in [0, 0.1) is 5.92 Å². The monoisotopic (exact) mass is 493 g/mol. The Labute approximate surface area is 204 Å². The Morgan fingerprint density at radius 2 is 2.03 bits per heavy atom. The number of hydrogen-bond donors (Lipinski definition) is 6. The molecule has 2 aliphatic heterocycles. The fourth-order valence-corrected chi connectivity index (χ4v) is 4.61. The van der Waals surface area contributed by atoms with Crippen molar-refractivity contribution in [2.75, 3.05) is 0 Å². The number of primary amides is 1. The fourth-order valence-electron chi connectivity index (χ4n) is 4.61. The maximum atomic E-state index is 13.1. The summed E-state index contributed by atoms with van der Waals surface area (Å²) in [6.07, 6.45) is -3.26. The summed E-state index contributed by atoms with van der Waals surface area (Å²) in [7, 11) is 0. The van der Waals surface area contributed by atoms with Crippen LogP contribution < -0.4 is 16.4 Å². The normalized spacial score (nSPS) is 30.2. The number of hydrogen-bond acceptors (Lipinski definition) is 9. The molecule has 7 unspecified atom stereocenters. The molecular formula is C24H35N3O8. The minimum atomic E-state index is -1.75. The van der Waals surface area contributed by atoms with Gasteiger partial charge in [-0.15, -0.1) is 0 Å². The molecule has 7 atom stereocenters. The van der Waals surface area contributed by atoms with Crippen LogP contribution in [0.1, 0.15) is 56.5 Å². The maximum absolute atomic E-state index is 13.1. The fraction of sp³-hybridized carbons (Fsp3) is 0.625. The number of phenolic OH excluding ortho intramolecular Hbond substituents is 1. The Morgan fingerprint density at radius 3 is 2.66 bits per heavy atom.